The van der Waals surface area contributed by atoms with Gasteiger partial charge in [-0.25, -0.2) is 0 Å². The van der Waals surface area contributed by atoms with Gasteiger partial charge in [-0.3, -0.25) is 19.2 Å². The van der Waals surface area contributed by atoms with Gasteiger partial charge in [-0.15, -0.1) is 0 Å². The highest BCUT2D eigenvalue weighted by atomic mass is 35.5. The smallest absolute Gasteiger partial charge is 0.313 e. The summed E-state index contributed by atoms with van der Waals surface area (Å²) in [5.74, 6) is -4.12. The minimum atomic E-state index is -1.59. The summed E-state index contributed by atoms with van der Waals surface area (Å²) in [4.78, 5) is 60.8. The molecule has 0 bridgehead atoms. The third kappa shape index (κ3) is 6.33. The van der Waals surface area contributed by atoms with Crippen molar-refractivity contribution in [2.75, 3.05) is 18.1 Å². The lowest BCUT2D eigenvalue weighted by Crippen LogP contribution is -2.58. The topological polar surface area (TPSA) is 125 Å². The molecule has 4 heterocycles. The predicted molar refractivity (Wildman–Crippen MR) is 195 cm³/mol. The van der Waals surface area contributed by atoms with Crippen molar-refractivity contribution >= 4 is 41.0 Å². The molecular formula is C41H42ClN3O7. The molecule has 2 saturated heterocycles. The van der Waals surface area contributed by atoms with Crippen molar-refractivity contribution in [1.82, 2.24) is 10.2 Å². The van der Waals surface area contributed by atoms with Crippen molar-refractivity contribution in [2.45, 2.75) is 69.0 Å². The van der Waals surface area contributed by atoms with E-state index >= 15 is 9.59 Å². The van der Waals surface area contributed by atoms with Crippen LogP contribution in [0.3, 0.4) is 0 Å². The second-order valence-corrected chi connectivity index (χ2v) is 14.4. The van der Waals surface area contributed by atoms with Crippen LogP contribution >= 0.6 is 11.6 Å². The maximum atomic E-state index is 15.1. The number of benzene rings is 3. The molecule has 270 valence electrons. The van der Waals surface area contributed by atoms with Crippen molar-refractivity contribution < 1.29 is 33.8 Å². The largest absolute Gasteiger partial charge is 0.455 e. The van der Waals surface area contributed by atoms with Gasteiger partial charge < -0.3 is 29.7 Å². The molecule has 4 aliphatic rings. The first-order valence-corrected chi connectivity index (χ1v) is 18.1. The van der Waals surface area contributed by atoms with E-state index in [4.69, 9.17) is 21.1 Å². The minimum absolute atomic E-state index is 0.138. The van der Waals surface area contributed by atoms with Crippen LogP contribution in [0.15, 0.2) is 103 Å². The Balaban J connectivity index is 1.36. The highest BCUT2D eigenvalue weighted by molar-refractivity contribution is 6.34. The van der Waals surface area contributed by atoms with Crippen LogP contribution in [0.25, 0.3) is 0 Å². The van der Waals surface area contributed by atoms with Crippen molar-refractivity contribution in [2.24, 2.45) is 11.8 Å². The minimum Gasteiger partial charge on any atom is -0.455 e. The van der Waals surface area contributed by atoms with Gasteiger partial charge in [0, 0.05) is 13.0 Å². The molecular weight excluding hydrogens is 682 g/mol. The number of ether oxygens (including phenoxy) is 2. The average Bonchev–Trinajstić information content (AvgIpc) is 3.53. The third-order valence-electron chi connectivity index (χ3n) is 10.7. The molecule has 0 aromatic heterocycles. The van der Waals surface area contributed by atoms with Crippen molar-refractivity contribution in [1.29, 1.82) is 0 Å². The van der Waals surface area contributed by atoms with Crippen molar-refractivity contribution in [3.8, 4) is 0 Å². The van der Waals surface area contributed by atoms with E-state index in [-0.39, 0.29) is 25.3 Å². The molecule has 52 heavy (non-hydrogen) atoms. The number of allylic oxidation sites excluding steroid dienone is 1. The van der Waals surface area contributed by atoms with E-state index in [0.717, 1.165) is 11.1 Å². The number of anilines is 1. The lowest BCUT2D eigenvalue weighted by molar-refractivity contribution is -0.161. The van der Waals surface area contributed by atoms with E-state index in [0.29, 0.717) is 22.7 Å². The molecule has 10 nitrogen and oxygen atoms in total. The molecule has 0 aliphatic carbocycles. The van der Waals surface area contributed by atoms with Gasteiger partial charge in [-0.2, -0.15) is 0 Å². The number of aliphatic hydroxyl groups is 1. The number of carbonyl (C=O) groups is 4. The van der Waals surface area contributed by atoms with E-state index in [1.807, 2.05) is 73.7 Å². The zero-order valence-corrected chi connectivity index (χ0v) is 29.8. The Labute approximate surface area is 308 Å². The van der Waals surface area contributed by atoms with Crippen LogP contribution in [0, 0.1) is 18.8 Å². The molecule has 2 fully saturated rings. The highest BCUT2D eigenvalue weighted by Gasteiger charge is 2.72. The number of para-hydroxylation sites is 1. The van der Waals surface area contributed by atoms with Gasteiger partial charge in [-0.05, 0) is 49.4 Å². The van der Waals surface area contributed by atoms with Crippen molar-refractivity contribution in [3.05, 3.63) is 125 Å². The number of amides is 3. The van der Waals surface area contributed by atoms with Crippen LogP contribution in [-0.4, -0.2) is 76.7 Å². The Hall–Kier alpha value is -4.77. The number of carbonyl (C=O) groups excluding carboxylic acids is 4. The van der Waals surface area contributed by atoms with Gasteiger partial charge in [0.1, 0.15) is 23.7 Å². The maximum absolute atomic E-state index is 15.1. The lowest BCUT2D eigenvalue weighted by atomic mass is 9.77. The van der Waals surface area contributed by atoms with Crippen LogP contribution in [0.1, 0.15) is 42.6 Å². The molecule has 2 N–H and O–H groups in total. The van der Waals surface area contributed by atoms with Crippen LogP contribution in [0.4, 0.5) is 5.69 Å². The fraction of sp³-hybridized carbons (Fsp3) is 0.366. The SMILES string of the molecule is Cc1cccc(Cl)c1N1CC=C[C@@]23O[C@H]4/C=C\CCC(=O)N[C@@H](C)[C@H](c5ccccc5)OC(=O)[C@H]4[C@@H]2C(=O)N([C@@H](CO)Cc2ccccc2)[C@H]3C1=O. The summed E-state index contributed by atoms with van der Waals surface area (Å²) >= 11 is 6.73. The summed E-state index contributed by atoms with van der Waals surface area (Å²) in [5, 5.41) is 14.3. The number of aliphatic hydroxyl groups excluding tert-OH is 1. The van der Waals surface area contributed by atoms with Crippen LogP contribution in [0.5, 0.6) is 0 Å². The molecule has 4 aliphatic heterocycles. The fourth-order valence-corrected chi connectivity index (χ4v) is 8.66. The number of esters is 1. The number of nitrogens with zero attached hydrogens (tertiary/aromatic N) is 2. The third-order valence-corrected chi connectivity index (χ3v) is 11.0. The van der Waals surface area contributed by atoms with E-state index in [9.17, 15) is 14.7 Å². The number of aryl methyl sites for hydroxylation is 1. The summed E-state index contributed by atoms with van der Waals surface area (Å²) in [6, 6.07) is 21.3. The number of fused-ring (bicyclic) bond motifs is 2. The molecule has 3 aromatic rings. The van der Waals surface area contributed by atoms with Gasteiger partial charge in [0.2, 0.25) is 11.8 Å². The first-order valence-electron chi connectivity index (χ1n) is 17.7. The van der Waals surface area contributed by atoms with E-state index in [1.54, 1.807) is 48.3 Å². The Morgan fingerprint density at radius 3 is 2.40 bits per heavy atom. The molecule has 3 amide bonds. The number of hydrogen-bond donors (Lipinski definition) is 2. The Bertz CT molecular complexity index is 1880. The molecule has 0 saturated carbocycles. The van der Waals surface area contributed by atoms with Gasteiger partial charge in [0.25, 0.3) is 5.91 Å². The highest BCUT2D eigenvalue weighted by Crippen LogP contribution is 2.54. The number of halogens is 1. The number of rotatable bonds is 6. The molecule has 7 rings (SSSR count). The average molecular weight is 724 g/mol. The maximum Gasteiger partial charge on any atom is 0.313 e. The van der Waals surface area contributed by atoms with Crippen LogP contribution < -0.4 is 10.2 Å². The number of cyclic esters (lactones) is 1. The van der Waals surface area contributed by atoms with Crippen LogP contribution in [0.2, 0.25) is 5.02 Å². The first-order chi connectivity index (χ1) is 25.1. The standard InChI is InChI=1S/C41H42ClN3O7/c1-25-13-11-18-30(42)35(25)44-22-12-21-41-34(38(48)45(37(41)39(44)49)29(24-46)23-27-14-5-3-6-15-27)33-31(52-41)19-9-10-20-32(47)43-26(2)36(51-40(33)50)28-16-7-4-8-17-28/h3-9,11-19,21,26,29,31,33-34,36-37,46H,10,20,22-24H2,1-2H3,(H,43,47)/b19-9-/t26-,29+,31-,33+,34+,36+,37-,41+/m0/s1. The van der Waals surface area contributed by atoms with Gasteiger partial charge in [-0.1, -0.05) is 109 Å². The number of likely N-dealkylation sites (tertiary alicyclic amines) is 1. The molecule has 0 unspecified atom stereocenters. The number of nitrogens with one attached hydrogen (secondary N) is 1. The van der Waals surface area contributed by atoms with Gasteiger partial charge in [0.15, 0.2) is 0 Å². The Morgan fingerprint density at radius 2 is 1.69 bits per heavy atom. The number of hydrogen-bond acceptors (Lipinski definition) is 7. The van der Waals surface area contributed by atoms with Crippen molar-refractivity contribution in [3.63, 3.8) is 0 Å². The van der Waals surface area contributed by atoms with Crippen LogP contribution in [-0.2, 0) is 35.1 Å². The zero-order valence-electron chi connectivity index (χ0n) is 29.1. The molecule has 8 atom stereocenters. The predicted octanol–water partition coefficient (Wildman–Crippen LogP) is 4.87. The Kier molecular flexibility index (Phi) is 10.1. The van der Waals surface area contributed by atoms with Gasteiger partial charge >= 0.3 is 5.97 Å². The second kappa shape index (κ2) is 14.7. The van der Waals surface area contributed by atoms with E-state index in [1.165, 1.54) is 4.90 Å². The quantitative estimate of drug-likeness (QED) is 0.275. The molecule has 0 radical (unpaired) electrons. The van der Waals surface area contributed by atoms with E-state index in [2.05, 4.69) is 5.32 Å². The second-order valence-electron chi connectivity index (χ2n) is 14.0. The molecule has 3 aromatic carbocycles. The normalized spacial score (nSPS) is 30.2. The summed E-state index contributed by atoms with van der Waals surface area (Å²) < 4.78 is 13.2. The summed E-state index contributed by atoms with van der Waals surface area (Å²) in [7, 11) is 0. The zero-order chi connectivity index (χ0) is 36.6. The summed E-state index contributed by atoms with van der Waals surface area (Å²) in [6.07, 6.45) is 6.02. The summed E-state index contributed by atoms with van der Waals surface area (Å²) in [5.41, 5.74) is 1.23. The fourth-order valence-electron chi connectivity index (χ4n) is 8.34. The first kappa shape index (κ1) is 35.6. The Morgan fingerprint density at radius 1 is 0.962 bits per heavy atom. The summed E-state index contributed by atoms with van der Waals surface area (Å²) in [6.45, 7) is 3.34. The van der Waals surface area contributed by atoms with E-state index < -0.39 is 72.2 Å². The molecule has 11 heteroatoms. The molecule has 1 spiro atoms. The van der Waals surface area contributed by atoms with Gasteiger partial charge in [0.05, 0.1) is 41.4 Å². The monoisotopic (exact) mass is 723 g/mol. The lowest BCUT2D eigenvalue weighted by Gasteiger charge is -2.39.